The number of carboxylic acids is 1. The van der Waals surface area contributed by atoms with Gasteiger partial charge in [0.1, 0.15) is 0 Å². The summed E-state index contributed by atoms with van der Waals surface area (Å²) in [7, 11) is 0. The summed E-state index contributed by atoms with van der Waals surface area (Å²) >= 11 is 3.49. The van der Waals surface area contributed by atoms with E-state index in [4.69, 9.17) is 5.11 Å². The maximum atomic E-state index is 9.87. The van der Waals surface area contributed by atoms with E-state index in [0.717, 1.165) is 24.6 Å². The molecule has 0 saturated carbocycles. The van der Waals surface area contributed by atoms with Crippen LogP contribution in [0.15, 0.2) is 0 Å². The summed E-state index contributed by atoms with van der Waals surface area (Å²) in [5.41, 5.74) is 0. The van der Waals surface area contributed by atoms with Crippen molar-refractivity contribution < 1.29 is 25.9 Å². The molecule has 0 saturated heterocycles. The van der Waals surface area contributed by atoms with Gasteiger partial charge in [-0.3, -0.25) is 4.79 Å². The number of hydrogen-bond donors (Lipinski definition) is 1. The van der Waals surface area contributed by atoms with Crippen molar-refractivity contribution in [3.8, 4) is 0 Å². The molecular formula is C8H17FeO2. The first-order valence-corrected chi connectivity index (χ1v) is 4.73. The van der Waals surface area contributed by atoms with Crippen LogP contribution in [0.25, 0.3) is 0 Å². The van der Waals surface area contributed by atoms with Gasteiger partial charge in [0.05, 0.1) is 0 Å². The second-order valence-electron chi connectivity index (χ2n) is 2.10. The van der Waals surface area contributed by atoms with Crippen LogP contribution in [0, 0.1) is 0 Å². The van der Waals surface area contributed by atoms with Crippen LogP contribution in [0.1, 0.15) is 39.5 Å². The Morgan fingerprint density at radius 2 is 1.82 bits per heavy atom. The summed E-state index contributed by atoms with van der Waals surface area (Å²) < 4.78 is 0. The van der Waals surface area contributed by atoms with Crippen LogP contribution in [0.3, 0.4) is 0 Å². The molecule has 0 aliphatic rings. The van der Waals surface area contributed by atoms with Crippen LogP contribution in [0.2, 0.25) is 5.32 Å². The maximum absolute atomic E-state index is 9.87. The van der Waals surface area contributed by atoms with E-state index < -0.39 is 5.97 Å². The fourth-order valence-corrected chi connectivity index (χ4v) is 0.526. The Hall–Kier alpha value is -0.0105. The van der Waals surface area contributed by atoms with E-state index in [1.807, 2.05) is 6.92 Å². The first-order chi connectivity index (χ1) is 5.18. The van der Waals surface area contributed by atoms with Gasteiger partial charge in [-0.15, -0.1) is 0 Å². The zero-order chi connectivity index (χ0) is 9.11. The summed E-state index contributed by atoms with van der Waals surface area (Å²) in [4.78, 5) is 9.87. The molecule has 0 atom stereocenters. The molecule has 2 nitrogen and oxygen atoms in total. The van der Waals surface area contributed by atoms with Gasteiger partial charge in [-0.2, -0.15) is 0 Å². The summed E-state index contributed by atoms with van der Waals surface area (Å²) in [5.74, 6) is -0.682. The van der Waals surface area contributed by atoms with E-state index in [1.54, 1.807) is 0 Å². The molecule has 0 aliphatic carbocycles. The fraction of sp³-hybridized carbons (Fsp3) is 0.875. The molecule has 0 aromatic carbocycles. The van der Waals surface area contributed by atoms with Crippen LogP contribution in [-0.4, -0.2) is 11.1 Å². The number of unbranched alkanes of at least 4 members (excludes halogenated alkanes) is 2. The molecule has 0 aromatic rings. The van der Waals surface area contributed by atoms with Gasteiger partial charge in [-0.25, -0.2) is 0 Å². The second kappa shape index (κ2) is 12.6. The zero-order valence-corrected chi connectivity index (χ0v) is 8.35. The van der Waals surface area contributed by atoms with Crippen LogP contribution < -0.4 is 0 Å². The monoisotopic (exact) mass is 201 g/mol. The molecule has 0 amide bonds. The number of aliphatic carboxylic acids is 1. The van der Waals surface area contributed by atoms with Crippen molar-refractivity contribution in [1.29, 1.82) is 0 Å². The third-order valence-electron chi connectivity index (χ3n) is 0.994. The summed E-state index contributed by atoms with van der Waals surface area (Å²) in [5, 5.41) is 9.14. The van der Waals surface area contributed by atoms with Gasteiger partial charge in [0.15, 0.2) is 0 Å². The van der Waals surface area contributed by atoms with E-state index >= 15 is 0 Å². The minimum atomic E-state index is -0.682. The first kappa shape index (κ1) is 13.6. The minimum absolute atomic E-state index is 0.327. The predicted octanol–water partition coefficient (Wildman–Crippen LogP) is 2.62. The predicted molar refractivity (Wildman–Crippen MR) is 42.3 cm³/mol. The van der Waals surface area contributed by atoms with Crippen molar-refractivity contribution in [3.63, 3.8) is 0 Å². The van der Waals surface area contributed by atoms with Crippen LogP contribution >= 0.6 is 0 Å². The van der Waals surface area contributed by atoms with E-state index in [1.165, 1.54) is 0 Å². The van der Waals surface area contributed by atoms with Gasteiger partial charge in [-0.1, -0.05) is 19.8 Å². The Labute approximate surface area is 77.2 Å². The Morgan fingerprint density at radius 1 is 1.36 bits per heavy atom. The second-order valence-corrected chi connectivity index (χ2v) is 2.88. The number of carboxylic acid groups (broad SMARTS) is 1. The van der Waals surface area contributed by atoms with Gasteiger partial charge in [0.25, 0.3) is 0 Å². The molecule has 0 rings (SSSR count). The Kier molecular flexibility index (Phi) is 15.6. The van der Waals surface area contributed by atoms with E-state index in [2.05, 4.69) is 22.9 Å². The van der Waals surface area contributed by atoms with E-state index in [-0.39, 0.29) is 0 Å². The molecule has 0 radical (unpaired) electrons. The molecule has 3 heteroatoms. The van der Waals surface area contributed by atoms with Crippen LogP contribution in [0.5, 0.6) is 0 Å². The molecule has 1 N–H and O–H groups in total. The summed E-state index contributed by atoms with van der Waals surface area (Å²) in [6, 6.07) is 0. The van der Waals surface area contributed by atoms with Gasteiger partial charge < -0.3 is 5.11 Å². The van der Waals surface area contributed by atoms with Crippen molar-refractivity contribution >= 4 is 5.97 Å². The molecule has 0 fully saturated rings. The molecule has 0 bridgehead atoms. The van der Waals surface area contributed by atoms with Crippen molar-refractivity contribution in [2.24, 2.45) is 0 Å². The van der Waals surface area contributed by atoms with Crippen LogP contribution in [0.4, 0.5) is 0 Å². The van der Waals surface area contributed by atoms with Crippen molar-refractivity contribution in [2.45, 2.75) is 44.9 Å². The molecule has 0 aromatic heterocycles. The van der Waals surface area contributed by atoms with Crippen LogP contribution in [-0.2, 0) is 20.8 Å². The molecule has 0 unspecified atom stereocenters. The van der Waals surface area contributed by atoms with Gasteiger partial charge in [0, 0.05) is 6.42 Å². The molecule has 0 spiro atoms. The third kappa shape index (κ3) is 25.6. The van der Waals surface area contributed by atoms with Crippen molar-refractivity contribution in [1.82, 2.24) is 0 Å². The van der Waals surface area contributed by atoms with E-state index in [0.29, 0.717) is 6.42 Å². The van der Waals surface area contributed by atoms with Gasteiger partial charge >= 0.3 is 34.2 Å². The first-order valence-electron chi connectivity index (χ1n) is 3.95. The van der Waals surface area contributed by atoms with Gasteiger partial charge in [-0.05, 0) is 6.42 Å². The third-order valence-corrected chi connectivity index (χ3v) is 0.994. The van der Waals surface area contributed by atoms with E-state index in [9.17, 15) is 4.79 Å². The molecule has 69 valence electrons. The molecule has 11 heavy (non-hydrogen) atoms. The van der Waals surface area contributed by atoms with Crippen molar-refractivity contribution in [2.75, 3.05) is 0 Å². The molecular weight excluding hydrogens is 184 g/mol. The molecule has 0 heterocycles. The Bertz CT molecular complexity index is 84.2. The normalized spacial score (nSPS) is 8.27. The average Bonchev–Trinajstić information content (AvgIpc) is 1.89. The SMILES string of the molecule is CCCCCC(=O)O.C[CH2][Fe]. The zero-order valence-electron chi connectivity index (χ0n) is 7.24. The standard InChI is InChI=1S/C6H12O2.C2H5.Fe/c1-2-3-4-5-6(7)8;1-2;/h2-5H2,1H3,(H,7,8);1H2,2H3;. The number of rotatable bonds is 4. The van der Waals surface area contributed by atoms with Crippen molar-refractivity contribution in [3.05, 3.63) is 0 Å². The average molecular weight is 201 g/mol. The quantitative estimate of drug-likeness (QED) is 0.560. The Balaban J connectivity index is 0. The summed E-state index contributed by atoms with van der Waals surface area (Å²) in [6.45, 7) is 4.07. The fourth-order valence-electron chi connectivity index (χ4n) is 0.526. The Morgan fingerprint density at radius 3 is 2.09 bits per heavy atom. The number of hydrogen-bond acceptors (Lipinski definition) is 1. The summed E-state index contributed by atoms with van der Waals surface area (Å²) in [6.07, 6.45) is 3.28. The topological polar surface area (TPSA) is 37.3 Å². The number of carbonyl (C=O) groups is 1. The van der Waals surface area contributed by atoms with Gasteiger partial charge in [0.2, 0.25) is 0 Å². The molecule has 0 aliphatic heterocycles.